The summed E-state index contributed by atoms with van der Waals surface area (Å²) in [7, 11) is -5.25. The first-order chi connectivity index (χ1) is 16.4. The monoisotopic (exact) mass is 545 g/mol. The lowest BCUT2D eigenvalue weighted by molar-refractivity contribution is -0.271. The number of nitrogens with one attached hydrogen (secondary N) is 4. The number of ether oxygens (including phenoxy) is 2. The third kappa shape index (κ3) is 6.69. The molecule has 1 aliphatic rings. The summed E-state index contributed by atoms with van der Waals surface area (Å²) in [6.45, 7) is 0. The van der Waals surface area contributed by atoms with Crippen LogP contribution >= 0.6 is 0 Å². The maximum atomic E-state index is 13.6. The zero-order chi connectivity index (χ0) is 27.6. The predicted octanol–water partition coefficient (Wildman–Crippen LogP) is -2.43. The van der Waals surface area contributed by atoms with Crippen molar-refractivity contribution in [3.8, 4) is 5.75 Å². The van der Waals surface area contributed by atoms with Crippen molar-refractivity contribution in [3.05, 3.63) is 23.8 Å². The number of aliphatic carboxylic acids is 1. The Balaban J connectivity index is 2.33. The van der Waals surface area contributed by atoms with Crippen molar-refractivity contribution in [2.75, 3.05) is 0 Å². The second-order valence-corrected chi connectivity index (χ2v) is 8.58. The molecule has 16 nitrogen and oxygen atoms in total. The number of guanidine groups is 1. The van der Waals surface area contributed by atoms with Crippen molar-refractivity contribution >= 4 is 34.0 Å². The van der Waals surface area contributed by atoms with Crippen LogP contribution in [0.25, 0.3) is 0 Å². The van der Waals surface area contributed by atoms with Gasteiger partial charge in [0, 0.05) is 0 Å². The van der Waals surface area contributed by atoms with E-state index < -0.39 is 87.1 Å². The van der Waals surface area contributed by atoms with Crippen molar-refractivity contribution in [2.45, 2.75) is 41.8 Å². The van der Waals surface area contributed by atoms with Gasteiger partial charge in [-0.2, -0.15) is 13.2 Å². The number of carboxylic acid groups (broad SMARTS) is 1. The zero-order valence-corrected chi connectivity index (χ0v) is 18.2. The number of alkyl halides is 3. The molecular formula is C16H18F3N5O11S. The average Bonchev–Trinajstić information content (AvgIpc) is 2.71. The molecule has 200 valence electrons. The number of urea groups is 2. The highest BCUT2D eigenvalue weighted by atomic mass is 32.2. The molecule has 36 heavy (non-hydrogen) atoms. The summed E-state index contributed by atoms with van der Waals surface area (Å²) in [5.74, 6) is -3.69. The number of carbonyl (C=O) groups excluding carboxylic acids is 2. The SMILES string of the molecule is N=C(NC(N)=O)NC(=O)NS(=O)(=O)c1ccc(O[C@@H]2O[C@H](C(=O)O)[C@@H](O)[C@H](O)[C@H]2O)cc1C(F)(F)F. The molecule has 0 radical (unpaired) electrons. The highest BCUT2D eigenvalue weighted by molar-refractivity contribution is 7.90. The Labute approximate surface area is 198 Å². The first-order valence-electron chi connectivity index (χ1n) is 9.23. The molecule has 1 aliphatic heterocycles. The summed E-state index contributed by atoms with van der Waals surface area (Å²) in [5, 5.41) is 48.6. The van der Waals surface area contributed by atoms with Crippen molar-refractivity contribution in [1.29, 1.82) is 5.41 Å². The van der Waals surface area contributed by atoms with Crippen LogP contribution in [0.15, 0.2) is 23.1 Å². The molecule has 20 heteroatoms. The normalized spacial score (nSPS) is 24.3. The van der Waals surface area contributed by atoms with Crippen molar-refractivity contribution in [1.82, 2.24) is 15.4 Å². The smallest absolute Gasteiger partial charge is 0.417 e. The van der Waals surface area contributed by atoms with E-state index in [2.05, 4.69) is 5.73 Å². The molecule has 1 fully saturated rings. The summed E-state index contributed by atoms with van der Waals surface area (Å²) in [4.78, 5) is 32.0. The number of sulfonamides is 1. The van der Waals surface area contributed by atoms with E-state index in [1.165, 1.54) is 10.0 Å². The van der Waals surface area contributed by atoms with Crippen LogP contribution in [0.3, 0.4) is 0 Å². The van der Waals surface area contributed by atoms with E-state index in [1.54, 1.807) is 5.32 Å². The van der Waals surface area contributed by atoms with Crippen LogP contribution < -0.4 is 25.8 Å². The van der Waals surface area contributed by atoms with Gasteiger partial charge in [-0.15, -0.1) is 0 Å². The average molecular weight is 545 g/mol. The molecule has 2 rings (SSSR count). The van der Waals surface area contributed by atoms with E-state index in [0.29, 0.717) is 12.1 Å². The van der Waals surface area contributed by atoms with Crippen LogP contribution in [0, 0.1) is 5.41 Å². The zero-order valence-electron chi connectivity index (χ0n) is 17.4. The molecule has 0 aromatic heterocycles. The number of amides is 4. The maximum Gasteiger partial charge on any atom is 0.417 e. The Bertz CT molecular complexity index is 1160. The van der Waals surface area contributed by atoms with E-state index in [0.717, 1.165) is 0 Å². The van der Waals surface area contributed by atoms with Gasteiger partial charge >= 0.3 is 24.2 Å². The summed E-state index contributed by atoms with van der Waals surface area (Å²) in [5.41, 5.74) is 2.80. The molecule has 1 saturated heterocycles. The molecule has 10 N–H and O–H groups in total. The number of halogens is 3. The van der Waals surface area contributed by atoms with Crippen LogP contribution in [0.1, 0.15) is 5.56 Å². The fourth-order valence-corrected chi connectivity index (χ4v) is 3.91. The van der Waals surface area contributed by atoms with Crippen LogP contribution in [0.4, 0.5) is 22.8 Å². The van der Waals surface area contributed by atoms with Gasteiger partial charge in [-0.05, 0) is 18.2 Å². The number of hydrogen-bond acceptors (Lipinski definition) is 11. The molecule has 0 unspecified atom stereocenters. The Kier molecular flexibility index (Phi) is 8.31. The fourth-order valence-electron chi connectivity index (χ4n) is 2.79. The molecule has 5 atom stereocenters. The molecule has 0 bridgehead atoms. The Morgan fingerprint density at radius 2 is 1.69 bits per heavy atom. The maximum absolute atomic E-state index is 13.6. The van der Waals surface area contributed by atoms with Gasteiger partial charge in [0.25, 0.3) is 10.0 Å². The summed E-state index contributed by atoms with van der Waals surface area (Å²) < 4.78 is 76.5. The standard InChI is InChI=1S/C16H18F3N5O11S/c17-16(18,19)5-3-4(34-12-9(27)7(25)8(26)10(35-12)11(28)29)1-2-6(5)36(32,33)24-15(31)23-13(20)22-14(21)30/h1-3,7-10,12,25-27H,(H,28,29)(H6,20,21,22,23,24,30,31)/t7-,8-,9+,10-,12+/m0/s1. The van der Waals surface area contributed by atoms with E-state index in [9.17, 15) is 51.3 Å². The lowest BCUT2D eigenvalue weighted by atomic mass is 9.99. The number of carbonyl (C=O) groups is 3. The minimum absolute atomic E-state index is 0.117. The van der Waals surface area contributed by atoms with E-state index in [1.807, 2.05) is 0 Å². The number of carboxylic acids is 1. The molecule has 0 aliphatic carbocycles. The van der Waals surface area contributed by atoms with E-state index >= 15 is 0 Å². The number of aliphatic hydroxyl groups is 3. The van der Waals surface area contributed by atoms with Crippen LogP contribution in [0.5, 0.6) is 5.75 Å². The molecule has 1 heterocycles. The van der Waals surface area contributed by atoms with Crippen LogP contribution in [-0.2, 0) is 25.7 Å². The molecular weight excluding hydrogens is 527 g/mol. The van der Waals surface area contributed by atoms with Gasteiger partial charge < -0.3 is 35.6 Å². The quantitative estimate of drug-likeness (QED) is 0.139. The first-order valence-corrected chi connectivity index (χ1v) is 10.7. The number of aliphatic hydroxyl groups excluding tert-OH is 3. The fraction of sp³-hybridized carbons (Fsp3) is 0.375. The molecule has 0 saturated carbocycles. The van der Waals surface area contributed by atoms with Crippen LogP contribution in [-0.4, -0.2) is 83.5 Å². The third-order valence-corrected chi connectivity index (χ3v) is 5.71. The largest absolute Gasteiger partial charge is 0.479 e. The third-order valence-electron chi connectivity index (χ3n) is 4.32. The van der Waals surface area contributed by atoms with Gasteiger partial charge in [-0.1, -0.05) is 0 Å². The molecule has 1 aromatic carbocycles. The van der Waals surface area contributed by atoms with Crippen molar-refractivity contribution < 1.29 is 65.9 Å². The van der Waals surface area contributed by atoms with Gasteiger partial charge in [0.1, 0.15) is 24.1 Å². The summed E-state index contributed by atoms with van der Waals surface area (Å²) >= 11 is 0. The lowest BCUT2D eigenvalue weighted by Gasteiger charge is -2.38. The van der Waals surface area contributed by atoms with E-state index in [-0.39, 0.29) is 6.07 Å². The number of benzene rings is 1. The minimum atomic E-state index is -5.37. The highest BCUT2D eigenvalue weighted by Gasteiger charge is 2.48. The topological polar surface area (TPSA) is 271 Å². The van der Waals surface area contributed by atoms with Gasteiger partial charge in [-0.25, -0.2) is 27.5 Å². The van der Waals surface area contributed by atoms with Gasteiger partial charge in [0.05, 0.1) is 10.5 Å². The Hall–Kier alpha value is -3.72. The summed E-state index contributed by atoms with van der Waals surface area (Å²) in [6.07, 6.45) is -15.9. The number of rotatable bonds is 5. The molecule has 1 aromatic rings. The Morgan fingerprint density at radius 3 is 2.22 bits per heavy atom. The first kappa shape index (κ1) is 28.5. The van der Waals surface area contributed by atoms with Crippen LogP contribution in [0.2, 0.25) is 0 Å². The van der Waals surface area contributed by atoms with Crippen molar-refractivity contribution in [3.63, 3.8) is 0 Å². The van der Waals surface area contributed by atoms with Gasteiger partial charge in [0.2, 0.25) is 12.2 Å². The lowest BCUT2D eigenvalue weighted by Crippen LogP contribution is -2.61. The van der Waals surface area contributed by atoms with E-state index in [4.69, 9.17) is 20.0 Å². The number of primary amides is 1. The number of nitrogens with two attached hydrogens (primary N) is 1. The number of hydrogen-bond donors (Lipinski definition) is 9. The molecule has 4 amide bonds. The second kappa shape index (κ2) is 10.5. The van der Waals surface area contributed by atoms with Crippen molar-refractivity contribution in [2.24, 2.45) is 5.73 Å². The predicted molar refractivity (Wildman–Crippen MR) is 106 cm³/mol. The van der Waals surface area contributed by atoms with Gasteiger partial charge in [0.15, 0.2) is 6.10 Å². The molecule has 0 spiro atoms. The second-order valence-electron chi connectivity index (χ2n) is 6.93. The van der Waals surface area contributed by atoms with Gasteiger partial charge in [-0.3, -0.25) is 16.0 Å². The highest BCUT2D eigenvalue weighted by Crippen LogP contribution is 2.37. The Morgan fingerprint density at radius 1 is 1.08 bits per heavy atom. The summed E-state index contributed by atoms with van der Waals surface area (Å²) in [6, 6.07) is -1.95. The minimum Gasteiger partial charge on any atom is -0.479 e.